The summed E-state index contributed by atoms with van der Waals surface area (Å²) in [7, 11) is 0. The fourth-order valence-electron chi connectivity index (χ4n) is 2.82. The molecular weight excluding hydrogens is 266 g/mol. The Balaban J connectivity index is 1.80. The molecule has 0 bridgehead atoms. The normalized spacial score (nSPS) is 17.9. The largest absolute Gasteiger partial charge is 0.351 e. The van der Waals surface area contributed by atoms with E-state index in [9.17, 15) is 0 Å². The molecule has 2 saturated carbocycles. The number of hydrogen-bond donors (Lipinski definition) is 3. The van der Waals surface area contributed by atoms with E-state index in [4.69, 9.17) is 5.84 Å². The number of hydrogen-bond acceptors (Lipinski definition) is 7. The molecule has 1 aromatic heterocycles. The van der Waals surface area contributed by atoms with Crippen molar-refractivity contribution >= 4 is 17.8 Å². The number of rotatable bonds is 8. The van der Waals surface area contributed by atoms with E-state index in [2.05, 4.69) is 44.4 Å². The maximum absolute atomic E-state index is 5.50. The standard InChI is InChI=1S/C14H25N7/c1-3-21(4-2)14-18-12(17-13(19-14)20-15)16-11(9-5-6-9)10-7-8-10/h9-11H,3-8,15H2,1-2H3,(H2,16,17,18,19,20). The molecule has 1 aromatic rings. The maximum atomic E-state index is 5.50. The van der Waals surface area contributed by atoms with Crippen molar-refractivity contribution in [3.05, 3.63) is 0 Å². The Kier molecular flexibility index (Phi) is 4.10. The van der Waals surface area contributed by atoms with Crippen LogP contribution in [0.15, 0.2) is 0 Å². The molecule has 2 fully saturated rings. The van der Waals surface area contributed by atoms with Gasteiger partial charge in [0.25, 0.3) is 0 Å². The van der Waals surface area contributed by atoms with E-state index < -0.39 is 0 Å². The van der Waals surface area contributed by atoms with Crippen LogP contribution in [-0.4, -0.2) is 34.1 Å². The number of nitrogen functional groups attached to an aromatic ring is 1. The summed E-state index contributed by atoms with van der Waals surface area (Å²) in [6.45, 7) is 5.90. The smallest absolute Gasteiger partial charge is 0.243 e. The zero-order valence-corrected chi connectivity index (χ0v) is 12.8. The fraction of sp³-hybridized carbons (Fsp3) is 0.786. The Morgan fingerprint density at radius 3 is 2.10 bits per heavy atom. The van der Waals surface area contributed by atoms with Gasteiger partial charge in [-0.2, -0.15) is 15.0 Å². The lowest BCUT2D eigenvalue weighted by molar-refractivity contribution is 0.562. The molecule has 0 unspecified atom stereocenters. The molecular formula is C14H25N7. The summed E-state index contributed by atoms with van der Waals surface area (Å²) in [5.41, 5.74) is 2.54. The first kappa shape index (κ1) is 14.3. The van der Waals surface area contributed by atoms with Gasteiger partial charge in [0.05, 0.1) is 0 Å². The SMILES string of the molecule is CCN(CC)c1nc(NN)nc(NC(C2CC2)C2CC2)n1. The van der Waals surface area contributed by atoms with E-state index in [1.54, 1.807) is 0 Å². The lowest BCUT2D eigenvalue weighted by Crippen LogP contribution is -2.29. The van der Waals surface area contributed by atoms with Gasteiger partial charge >= 0.3 is 0 Å². The maximum Gasteiger partial charge on any atom is 0.243 e. The molecule has 2 aliphatic carbocycles. The van der Waals surface area contributed by atoms with Crippen LogP contribution in [0, 0.1) is 11.8 Å². The molecule has 4 N–H and O–H groups in total. The van der Waals surface area contributed by atoms with Gasteiger partial charge in [-0.05, 0) is 51.4 Å². The molecule has 3 rings (SSSR count). The van der Waals surface area contributed by atoms with Crippen LogP contribution in [0.1, 0.15) is 39.5 Å². The van der Waals surface area contributed by atoms with Crippen LogP contribution >= 0.6 is 0 Å². The highest BCUT2D eigenvalue weighted by Gasteiger charge is 2.41. The van der Waals surface area contributed by atoms with Gasteiger partial charge in [0, 0.05) is 19.1 Å². The molecule has 116 valence electrons. The van der Waals surface area contributed by atoms with Crippen molar-refractivity contribution in [1.29, 1.82) is 0 Å². The number of nitrogens with two attached hydrogens (primary N) is 1. The van der Waals surface area contributed by atoms with Gasteiger partial charge in [-0.3, -0.25) is 5.43 Å². The van der Waals surface area contributed by atoms with Crippen molar-refractivity contribution in [1.82, 2.24) is 15.0 Å². The second kappa shape index (κ2) is 6.01. The predicted molar refractivity (Wildman–Crippen MR) is 84.1 cm³/mol. The van der Waals surface area contributed by atoms with Gasteiger partial charge in [0.1, 0.15) is 0 Å². The summed E-state index contributed by atoms with van der Waals surface area (Å²) in [6.07, 6.45) is 5.29. The first-order valence-corrected chi connectivity index (χ1v) is 7.99. The fourth-order valence-corrected chi connectivity index (χ4v) is 2.82. The minimum absolute atomic E-state index is 0.416. The van der Waals surface area contributed by atoms with Gasteiger partial charge in [0.15, 0.2) is 0 Å². The molecule has 0 saturated heterocycles. The molecule has 0 amide bonds. The molecule has 0 spiro atoms. The monoisotopic (exact) mass is 291 g/mol. The van der Waals surface area contributed by atoms with Gasteiger partial charge in [-0.1, -0.05) is 0 Å². The molecule has 0 aliphatic heterocycles. The molecule has 0 aromatic carbocycles. The van der Waals surface area contributed by atoms with Crippen LogP contribution in [0.2, 0.25) is 0 Å². The summed E-state index contributed by atoms with van der Waals surface area (Å²) in [4.78, 5) is 15.4. The topological polar surface area (TPSA) is 92.0 Å². The molecule has 2 aliphatic rings. The van der Waals surface area contributed by atoms with Gasteiger partial charge in [-0.15, -0.1) is 0 Å². The van der Waals surface area contributed by atoms with Crippen molar-refractivity contribution in [2.45, 2.75) is 45.6 Å². The van der Waals surface area contributed by atoms with Crippen LogP contribution < -0.4 is 21.5 Å². The van der Waals surface area contributed by atoms with Gasteiger partial charge in [0.2, 0.25) is 17.8 Å². The van der Waals surface area contributed by atoms with Crippen LogP contribution in [0.4, 0.5) is 17.8 Å². The predicted octanol–water partition coefficient (Wildman–Crippen LogP) is 1.60. The highest BCUT2D eigenvalue weighted by Crippen LogP contribution is 2.45. The van der Waals surface area contributed by atoms with E-state index >= 15 is 0 Å². The average molecular weight is 291 g/mol. The molecule has 7 nitrogen and oxygen atoms in total. The van der Waals surface area contributed by atoms with Gasteiger partial charge < -0.3 is 10.2 Å². The Hall–Kier alpha value is -1.63. The summed E-state index contributed by atoms with van der Waals surface area (Å²) >= 11 is 0. The third kappa shape index (κ3) is 3.34. The van der Waals surface area contributed by atoms with Crippen molar-refractivity contribution in [2.24, 2.45) is 17.7 Å². The highest BCUT2D eigenvalue weighted by atomic mass is 15.4. The first-order chi connectivity index (χ1) is 10.2. The minimum atomic E-state index is 0.416. The number of aromatic nitrogens is 3. The van der Waals surface area contributed by atoms with E-state index in [0.29, 0.717) is 23.9 Å². The lowest BCUT2D eigenvalue weighted by Gasteiger charge is -2.22. The van der Waals surface area contributed by atoms with E-state index in [1.807, 2.05) is 0 Å². The average Bonchev–Trinajstić information content (AvgIpc) is 3.39. The zero-order chi connectivity index (χ0) is 14.8. The zero-order valence-electron chi connectivity index (χ0n) is 12.8. The molecule has 0 atom stereocenters. The molecule has 7 heteroatoms. The first-order valence-electron chi connectivity index (χ1n) is 7.99. The number of hydrazine groups is 1. The second-order valence-corrected chi connectivity index (χ2v) is 5.94. The van der Waals surface area contributed by atoms with Crippen LogP contribution in [0.3, 0.4) is 0 Å². The Morgan fingerprint density at radius 2 is 1.62 bits per heavy atom. The van der Waals surface area contributed by atoms with E-state index in [-0.39, 0.29) is 0 Å². The van der Waals surface area contributed by atoms with E-state index in [1.165, 1.54) is 25.7 Å². The van der Waals surface area contributed by atoms with Crippen LogP contribution in [0.25, 0.3) is 0 Å². The summed E-state index contributed by atoms with van der Waals surface area (Å²) in [5.74, 6) is 8.82. The van der Waals surface area contributed by atoms with E-state index in [0.717, 1.165) is 24.9 Å². The van der Waals surface area contributed by atoms with Crippen molar-refractivity contribution in [2.75, 3.05) is 28.7 Å². The third-order valence-electron chi connectivity index (χ3n) is 4.35. The summed E-state index contributed by atoms with van der Waals surface area (Å²) < 4.78 is 0. The summed E-state index contributed by atoms with van der Waals surface area (Å²) in [6, 6.07) is 0.516. The van der Waals surface area contributed by atoms with Gasteiger partial charge in [-0.25, -0.2) is 5.84 Å². The van der Waals surface area contributed by atoms with Crippen molar-refractivity contribution in [3.63, 3.8) is 0 Å². The quantitative estimate of drug-likeness (QED) is 0.495. The molecule has 1 heterocycles. The number of anilines is 3. The Bertz CT molecular complexity index is 468. The second-order valence-electron chi connectivity index (χ2n) is 5.94. The summed E-state index contributed by atoms with van der Waals surface area (Å²) in [5, 5.41) is 3.54. The third-order valence-corrected chi connectivity index (χ3v) is 4.35. The van der Waals surface area contributed by atoms with Crippen LogP contribution in [-0.2, 0) is 0 Å². The molecule has 21 heavy (non-hydrogen) atoms. The van der Waals surface area contributed by atoms with Crippen LogP contribution in [0.5, 0.6) is 0 Å². The highest BCUT2D eigenvalue weighted by molar-refractivity contribution is 5.44. The number of nitrogens with one attached hydrogen (secondary N) is 2. The Morgan fingerprint density at radius 1 is 1.05 bits per heavy atom. The number of nitrogens with zero attached hydrogens (tertiary/aromatic N) is 4. The van der Waals surface area contributed by atoms with Crippen molar-refractivity contribution < 1.29 is 0 Å². The minimum Gasteiger partial charge on any atom is -0.351 e. The van der Waals surface area contributed by atoms with Crippen molar-refractivity contribution in [3.8, 4) is 0 Å². The molecule has 0 radical (unpaired) electrons. The Labute approximate surface area is 125 Å². The lowest BCUT2D eigenvalue weighted by atomic mass is 10.1.